The number of carbonyl (C=O) groups excluding carboxylic acids is 2. The number of nitrogens with zero attached hydrogens (tertiary/aromatic N) is 2. The van der Waals surface area contributed by atoms with Crippen molar-refractivity contribution >= 4 is 61.6 Å². The van der Waals surface area contributed by atoms with Crippen LogP contribution in [0, 0.1) is 0 Å². The van der Waals surface area contributed by atoms with E-state index in [1.165, 1.54) is 28.6 Å². The zero-order valence-electron chi connectivity index (χ0n) is 15.6. The van der Waals surface area contributed by atoms with E-state index in [-0.39, 0.29) is 11.3 Å². The summed E-state index contributed by atoms with van der Waals surface area (Å²) in [5.74, 6) is -1.96. The highest BCUT2D eigenvalue weighted by Crippen LogP contribution is 2.44. The number of aliphatic hydroxyl groups is 1. The third-order valence-corrected chi connectivity index (χ3v) is 6.40. The molecule has 5 rings (SSSR count). The average molecular weight is 471 g/mol. The quantitative estimate of drug-likeness (QED) is 0.371. The minimum absolute atomic E-state index is 0.0132. The van der Waals surface area contributed by atoms with Gasteiger partial charge in [0.25, 0.3) is 5.91 Å². The summed E-state index contributed by atoms with van der Waals surface area (Å²) in [6, 6.07) is 14.1. The number of rotatable bonds is 4. The zero-order chi connectivity index (χ0) is 21.7. The number of amides is 1. The predicted octanol–water partition coefficient (Wildman–Crippen LogP) is 5.98. The number of anilines is 1. The van der Waals surface area contributed by atoms with Crippen LogP contribution < -0.4 is 4.90 Å². The number of halogens is 2. The first kappa shape index (κ1) is 19.8. The molecular formula is C22H12Cl2N2O4S. The first-order valence-electron chi connectivity index (χ1n) is 9.10. The number of benzene rings is 2. The minimum Gasteiger partial charge on any atom is -0.503 e. The Morgan fingerprint density at radius 2 is 1.90 bits per heavy atom. The van der Waals surface area contributed by atoms with E-state index in [0.29, 0.717) is 26.3 Å². The summed E-state index contributed by atoms with van der Waals surface area (Å²) >= 11 is 13.5. The third-order valence-electron chi connectivity index (χ3n) is 4.91. The van der Waals surface area contributed by atoms with Gasteiger partial charge in [-0.15, -0.1) is 0 Å². The van der Waals surface area contributed by atoms with Crippen molar-refractivity contribution in [2.75, 3.05) is 4.90 Å². The lowest BCUT2D eigenvalue weighted by Gasteiger charge is -2.24. The molecule has 31 heavy (non-hydrogen) atoms. The molecule has 1 aliphatic heterocycles. The van der Waals surface area contributed by atoms with Gasteiger partial charge in [-0.3, -0.25) is 14.5 Å². The highest BCUT2D eigenvalue weighted by molar-refractivity contribution is 7.22. The van der Waals surface area contributed by atoms with E-state index in [2.05, 4.69) is 4.98 Å². The van der Waals surface area contributed by atoms with E-state index in [4.69, 9.17) is 27.6 Å². The fourth-order valence-electron chi connectivity index (χ4n) is 3.56. The Bertz CT molecular complexity index is 1380. The van der Waals surface area contributed by atoms with Crippen molar-refractivity contribution in [1.82, 2.24) is 4.98 Å². The second kappa shape index (κ2) is 7.53. The molecule has 1 atom stereocenters. The number of Topliss-reactive ketones (excluding diaryl/α,β-unsaturated/α-hetero) is 1. The van der Waals surface area contributed by atoms with Crippen molar-refractivity contribution in [3.05, 3.63) is 93.6 Å². The highest BCUT2D eigenvalue weighted by Gasteiger charge is 2.46. The second-order valence-electron chi connectivity index (χ2n) is 6.81. The van der Waals surface area contributed by atoms with Crippen LogP contribution in [0.3, 0.4) is 0 Å². The molecule has 0 spiro atoms. The van der Waals surface area contributed by atoms with Gasteiger partial charge in [0, 0.05) is 10.0 Å². The number of hydrogen-bond acceptors (Lipinski definition) is 6. The van der Waals surface area contributed by atoms with Crippen LogP contribution in [0.2, 0.25) is 10.0 Å². The molecule has 0 radical (unpaired) electrons. The topological polar surface area (TPSA) is 83.6 Å². The maximum Gasteiger partial charge on any atom is 0.296 e. The number of fused-ring (bicyclic) bond motifs is 1. The Balaban J connectivity index is 1.70. The second-order valence-corrected chi connectivity index (χ2v) is 8.69. The lowest BCUT2D eigenvalue weighted by atomic mass is 9.95. The van der Waals surface area contributed by atoms with Crippen molar-refractivity contribution in [2.24, 2.45) is 0 Å². The van der Waals surface area contributed by atoms with Crippen molar-refractivity contribution < 1.29 is 19.1 Å². The van der Waals surface area contributed by atoms with Crippen LogP contribution in [0.1, 0.15) is 22.2 Å². The van der Waals surface area contributed by atoms with E-state index in [9.17, 15) is 14.7 Å². The van der Waals surface area contributed by atoms with Crippen molar-refractivity contribution in [2.45, 2.75) is 6.04 Å². The summed E-state index contributed by atoms with van der Waals surface area (Å²) in [6.07, 6.45) is 1.35. The normalized spacial score (nSPS) is 16.5. The Morgan fingerprint density at radius 3 is 2.65 bits per heavy atom. The van der Waals surface area contributed by atoms with Gasteiger partial charge in [0.15, 0.2) is 16.7 Å². The van der Waals surface area contributed by atoms with Crippen molar-refractivity contribution in [3.63, 3.8) is 0 Å². The Labute approximate surface area is 189 Å². The molecule has 1 aliphatic rings. The van der Waals surface area contributed by atoms with Gasteiger partial charge in [0.1, 0.15) is 0 Å². The minimum atomic E-state index is -0.931. The standard InChI is InChI=1S/C22H12Cl2N2O4S/c23-12-4-1-3-11(9-12)18-17(19(27)15-5-2-8-30-15)20(28)21(29)26(18)22-25-14-7-6-13(24)10-16(14)31-22/h1-10,18,28H. The Morgan fingerprint density at radius 1 is 1.10 bits per heavy atom. The molecule has 4 aromatic rings. The van der Waals surface area contributed by atoms with E-state index in [1.54, 1.807) is 48.5 Å². The van der Waals surface area contributed by atoms with Crippen LogP contribution in [0.4, 0.5) is 5.13 Å². The highest BCUT2D eigenvalue weighted by atomic mass is 35.5. The Kier molecular flexibility index (Phi) is 4.81. The van der Waals surface area contributed by atoms with E-state index in [0.717, 1.165) is 4.70 Å². The Hall–Kier alpha value is -3.13. The van der Waals surface area contributed by atoms with Crippen LogP contribution in [0.25, 0.3) is 10.2 Å². The largest absolute Gasteiger partial charge is 0.503 e. The van der Waals surface area contributed by atoms with Gasteiger partial charge in [0.05, 0.1) is 28.1 Å². The fraction of sp³-hybridized carbons (Fsp3) is 0.0455. The number of aliphatic hydroxyl groups excluding tert-OH is 1. The molecule has 0 bridgehead atoms. The zero-order valence-corrected chi connectivity index (χ0v) is 17.9. The SMILES string of the molecule is O=C(C1=C(O)C(=O)N(c2nc3ccc(Cl)cc3s2)C1c1cccc(Cl)c1)c1ccco1. The monoisotopic (exact) mass is 470 g/mol. The number of thiazole rings is 1. The number of aromatic nitrogens is 1. The van der Waals surface area contributed by atoms with Gasteiger partial charge in [-0.25, -0.2) is 4.98 Å². The molecule has 0 saturated carbocycles. The van der Waals surface area contributed by atoms with Gasteiger partial charge in [-0.05, 0) is 48.0 Å². The molecule has 1 unspecified atom stereocenters. The smallest absolute Gasteiger partial charge is 0.296 e. The number of hydrogen-bond donors (Lipinski definition) is 1. The molecular weight excluding hydrogens is 459 g/mol. The first-order valence-corrected chi connectivity index (χ1v) is 10.7. The molecule has 0 aliphatic carbocycles. The predicted molar refractivity (Wildman–Crippen MR) is 119 cm³/mol. The van der Waals surface area contributed by atoms with Crippen molar-refractivity contribution in [3.8, 4) is 0 Å². The van der Waals surface area contributed by atoms with Gasteiger partial charge in [-0.2, -0.15) is 0 Å². The lowest BCUT2D eigenvalue weighted by molar-refractivity contribution is -0.117. The van der Waals surface area contributed by atoms with Gasteiger partial charge in [-0.1, -0.05) is 46.7 Å². The molecule has 6 nitrogen and oxygen atoms in total. The van der Waals surface area contributed by atoms with Gasteiger partial charge in [0.2, 0.25) is 5.78 Å². The fourth-order valence-corrected chi connectivity index (χ4v) is 5.02. The van der Waals surface area contributed by atoms with E-state index in [1.807, 2.05) is 0 Å². The van der Waals surface area contributed by atoms with E-state index < -0.39 is 23.5 Å². The summed E-state index contributed by atoms with van der Waals surface area (Å²) < 4.78 is 5.99. The summed E-state index contributed by atoms with van der Waals surface area (Å²) in [5.41, 5.74) is 1.10. The lowest BCUT2D eigenvalue weighted by Crippen LogP contribution is -2.30. The van der Waals surface area contributed by atoms with Crippen LogP contribution in [-0.2, 0) is 4.79 Å². The molecule has 2 aromatic carbocycles. The molecule has 0 saturated heterocycles. The molecule has 9 heteroatoms. The molecule has 1 amide bonds. The number of carbonyl (C=O) groups is 2. The number of furan rings is 1. The molecule has 1 N–H and O–H groups in total. The summed E-state index contributed by atoms with van der Waals surface area (Å²) in [6.45, 7) is 0. The summed E-state index contributed by atoms with van der Waals surface area (Å²) in [7, 11) is 0. The van der Waals surface area contributed by atoms with Crippen LogP contribution in [-0.4, -0.2) is 21.8 Å². The first-order chi connectivity index (χ1) is 14.9. The van der Waals surface area contributed by atoms with Gasteiger partial charge < -0.3 is 9.52 Å². The number of ketones is 1. The maximum atomic E-state index is 13.2. The molecule has 2 aromatic heterocycles. The third kappa shape index (κ3) is 3.31. The molecule has 0 fully saturated rings. The molecule has 3 heterocycles. The van der Waals surface area contributed by atoms with Crippen LogP contribution in [0.15, 0.2) is 76.6 Å². The maximum absolute atomic E-state index is 13.2. The van der Waals surface area contributed by atoms with E-state index >= 15 is 0 Å². The van der Waals surface area contributed by atoms with Crippen LogP contribution in [0.5, 0.6) is 0 Å². The van der Waals surface area contributed by atoms with Gasteiger partial charge >= 0.3 is 0 Å². The van der Waals surface area contributed by atoms with Crippen molar-refractivity contribution in [1.29, 1.82) is 0 Å². The van der Waals surface area contributed by atoms with Crippen LogP contribution >= 0.6 is 34.5 Å². The summed E-state index contributed by atoms with van der Waals surface area (Å²) in [5, 5.41) is 12.0. The molecule has 154 valence electrons. The average Bonchev–Trinajstić information content (AvgIpc) is 3.46. The summed E-state index contributed by atoms with van der Waals surface area (Å²) in [4.78, 5) is 32.2.